The topological polar surface area (TPSA) is 41.1 Å². The van der Waals surface area contributed by atoms with Gasteiger partial charge >= 0.3 is 0 Å². The van der Waals surface area contributed by atoms with E-state index >= 15 is 0 Å². The maximum absolute atomic E-state index is 9.86. The van der Waals surface area contributed by atoms with Crippen LogP contribution < -0.4 is 10.9 Å². The molecule has 58 valence electrons. The second kappa shape index (κ2) is 3.83. The van der Waals surface area contributed by atoms with Gasteiger partial charge in [-0.25, -0.2) is 0 Å². The number of hydrogen-bond donors (Lipinski definition) is 2. The van der Waals surface area contributed by atoms with Crippen molar-refractivity contribution < 1.29 is 4.79 Å². The lowest BCUT2D eigenvalue weighted by atomic mass is 10.3. The first-order valence-electron chi connectivity index (χ1n) is 3.03. The fourth-order valence-corrected chi connectivity index (χ4v) is 0.869. The molecule has 0 radical (unpaired) electrons. The van der Waals surface area contributed by atoms with Crippen LogP contribution in [0.3, 0.4) is 0 Å². The number of carbonyl (C=O) groups excluding carboxylic acids is 1. The first-order valence-corrected chi connectivity index (χ1v) is 3.41. The van der Waals surface area contributed by atoms with Crippen molar-refractivity contribution in [2.45, 2.75) is 0 Å². The summed E-state index contributed by atoms with van der Waals surface area (Å²) in [5, 5.41) is 0.627. The lowest BCUT2D eigenvalue weighted by Crippen LogP contribution is -2.18. The smallest absolute Gasteiger partial charge is 0.225 e. The molecule has 1 amide bonds. The van der Waals surface area contributed by atoms with Crippen LogP contribution in [0.4, 0.5) is 5.69 Å². The third-order valence-corrected chi connectivity index (χ3v) is 1.34. The highest BCUT2D eigenvalue weighted by molar-refractivity contribution is 6.30. The van der Waals surface area contributed by atoms with Crippen LogP contribution in [0, 0.1) is 0 Å². The van der Waals surface area contributed by atoms with Crippen LogP contribution in [0.5, 0.6) is 0 Å². The van der Waals surface area contributed by atoms with Gasteiger partial charge in [-0.3, -0.25) is 15.6 Å². The number of amides is 1. The minimum Gasteiger partial charge on any atom is -0.299 e. The molecule has 11 heavy (non-hydrogen) atoms. The van der Waals surface area contributed by atoms with Crippen LogP contribution >= 0.6 is 11.6 Å². The highest BCUT2D eigenvalue weighted by atomic mass is 35.5. The highest BCUT2D eigenvalue weighted by Crippen LogP contribution is 2.13. The molecular weight excluding hydrogens is 164 g/mol. The van der Waals surface area contributed by atoms with E-state index in [1.807, 2.05) is 0 Å². The molecule has 0 aliphatic rings. The number of hydrogen-bond acceptors (Lipinski definition) is 2. The Bertz CT molecular complexity index is 252. The SMILES string of the molecule is O=CNNc1cccc(Cl)c1. The van der Waals surface area contributed by atoms with Gasteiger partial charge in [-0.2, -0.15) is 0 Å². The minimum atomic E-state index is 0.556. The molecule has 0 bridgehead atoms. The fraction of sp³-hybridized carbons (Fsp3) is 0. The van der Waals surface area contributed by atoms with Crippen LogP contribution in [0.15, 0.2) is 24.3 Å². The van der Waals surface area contributed by atoms with Crippen LogP contribution in [0.2, 0.25) is 5.02 Å². The van der Waals surface area contributed by atoms with Crippen LogP contribution in [0.1, 0.15) is 0 Å². The van der Waals surface area contributed by atoms with Crippen molar-refractivity contribution in [2.24, 2.45) is 0 Å². The Morgan fingerprint density at radius 2 is 2.27 bits per heavy atom. The van der Waals surface area contributed by atoms with Crippen molar-refractivity contribution in [1.29, 1.82) is 0 Å². The summed E-state index contributed by atoms with van der Waals surface area (Å²) in [7, 11) is 0. The number of benzene rings is 1. The average molecular weight is 171 g/mol. The Hall–Kier alpha value is -1.22. The van der Waals surface area contributed by atoms with E-state index < -0.39 is 0 Å². The Labute approximate surface area is 69.3 Å². The van der Waals surface area contributed by atoms with E-state index in [0.717, 1.165) is 5.69 Å². The molecule has 3 nitrogen and oxygen atoms in total. The largest absolute Gasteiger partial charge is 0.299 e. The zero-order chi connectivity index (χ0) is 8.10. The Morgan fingerprint density at radius 3 is 2.91 bits per heavy atom. The normalized spacial score (nSPS) is 8.82. The number of hydrazine groups is 1. The van der Waals surface area contributed by atoms with Gasteiger partial charge in [-0.05, 0) is 18.2 Å². The molecule has 2 N–H and O–H groups in total. The molecular formula is C7H7ClN2O. The number of halogens is 1. The van der Waals surface area contributed by atoms with E-state index in [-0.39, 0.29) is 0 Å². The molecule has 0 aromatic heterocycles. The predicted molar refractivity (Wildman–Crippen MR) is 44.3 cm³/mol. The maximum atomic E-state index is 9.86. The second-order valence-electron chi connectivity index (χ2n) is 1.90. The molecule has 0 aliphatic heterocycles. The zero-order valence-electron chi connectivity index (χ0n) is 5.67. The van der Waals surface area contributed by atoms with E-state index in [0.29, 0.717) is 11.4 Å². The number of carbonyl (C=O) groups is 1. The summed E-state index contributed by atoms with van der Waals surface area (Å²) in [6.07, 6.45) is 0.556. The van der Waals surface area contributed by atoms with Gasteiger partial charge in [0.15, 0.2) is 0 Å². The monoisotopic (exact) mass is 170 g/mol. The van der Waals surface area contributed by atoms with E-state index in [1.54, 1.807) is 24.3 Å². The van der Waals surface area contributed by atoms with Gasteiger partial charge in [-0.1, -0.05) is 17.7 Å². The van der Waals surface area contributed by atoms with Crippen molar-refractivity contribution in [3.05, 3.63) is 29.3 Å². The Balaban J connectivity index is 2.63. The molecule has 0 spiro atoms. The van der Waals surface area contributed by atoms with E-state index in [2.05, 4.69) is 10.9 Å². The van der Waals surface area contributed by atoms with Crippen LogP contribution in [-0.4, -0.2) is 6.41 Å². The minimum absolute atomic E-state index is 0.556. The third-order valence-electron chi connectivity index (χ3n) is 1.10. The summed E-state index contributed by atoms with van der Waals surface area (Å²) < 4.78 is 0. The van der Waals surface area contributed by atoms with Crippen molar-refractivity contribution >= 4 is 23.7 Å². The first-order chi connectivity index (χ1) is 5.33. The van der Waals surface area contributed by atoms with Gasteiger partial charge in [0.1, 0.15) is 0 Å². The summed E-state index contributed by atoms with van der Waals surface area (Å²) in [4.78, 5) is 9.86. The predicted octanol–water partition coefficient (Wildman–Crippen LogP) is 1.41. The second-order valence-corrected chi connectivity index (χ2v) is 2.33. The number of anilines is 1. The molecule has 1 rings (SSSR count). The van der Waals surface area contributed by atoms with Gasteiger partial charge in [0.2, 0.25) is 6.41 Å². The Kier molecular flexibility index (Phi) is 2.74. The standard InChI is InChI=1S/C7H7ClN2O/c8-6-2-1-3-7(4-6)10-9-5-11/h1-5,10H,(H,9,11). The van der Waals surface area contributed by atoms with Crippen molar-refractivity contribution in [3.8, 4) is 0 Å². The average Bonchev–Trinajstić information content (AvgIpc) is 2.01. The summed E-state index contributed by atoms with van der Waals surface area (Å²) in [5.74, 6) is 0. The van der Waals surface area contributed by atoms with Gasteiger partial charge in [0.05, 0.1) is 5.69 Å². The fourth-order valence-electron chi connectivity index (χ4n) is 0.679. The maximum Gasteiger partial charge on any atom is 0.225 e. The summed E-state index contributed by atoms with van der Waals surface area (Å²) in [6, 6.07) is 7.05. The molecule has 0 aliphatic carbocycles. The highest BCUT2D eigenvalue weighted by Gasteiger charge is 1.89. The lowest BCUT2D eigenvalue weighted by molar-refractivity contribution is -0.109. The van der Waals surface area contributed by atoms with E-state index in [9.17, 15) is 4.79 Å². The molecule has 0 saturated heterocycles. The molecule has 0 unspecified atom stereocenters. The van der Waals surface area contributed by atoms with Crippen LogP contribution in [-0.2, 0) is 4.79 Å². The van der Waals surface area contributed by atoms with Gasteiger partial charge < -0.3 is 0 Å². The number of rotatable bonds is 3. The molecule has 1 aromatic rings. The summed E-state index contributed by atoms with van der Waals surface area (Å²) in [6.45, 7) is 0. The van der Waals surface area contributed by atoms with Gasteiger partial charge in [0, 0.05) is 5.02 Å². The summed E-state index contributed by atoms with van der Waals surface area (Å²) >= 11 is 5.67. The molecule has 4 heteroatoms. The van der Waals surface area contributed by atoms with Crippen LogP contribution in [0.25, 0.3) is 0 Å². The van der Waals surface area contributed by atoms with Gasteiger partial charge in [0.25, 0.3) is 0 Å². The molecule has 0 fully saturated rings. The molecule has 1 aromatic carbocycles. The van der Waals surface area contributed by atoms with Crippen molar-refractivity contribution in [3.63, 3.8) is 0 Å². The van der Waals surface area contributed by atoms with Gasteiger partial charge in [-0.15, -0.1) is 0 Å². The van der Waals surface area contributed by atoms with Crippen molar-refractivity contribution in [2.75, 3.05) is 5.43 Å². The summed E-state index contributed by atoms with van der Waals surface area (Å²) in [5.41, 5.74) is 5.69. The first kappa shape index (κ1) is 7.88. The number of nitrogens with one attached hydrogen (secondary N) is 2. The van der Waals surface area contributed by atoms with E-state index in [4.69, 9.17) is 11.6 Å². The lowest BCUT2D eigenvalue weighted by Gasteiger charge is -2.02. The third kappa shape index (κ3) is 2.47. The quantitative estimate of drug-likeness (QED) is 0.532. The Morgan fingerprint density at radius 1 is 1.45 bits per heavy atom. The van der Waals surface area contributed by atoms with E-state index in [1.165, 1.54) is 0 Å². The zero-order valence-corrected chi connectivity index (χ0v) is 6.43. The molecule has 0 atom stereocenters. The molecule has 0 saturated carbocycles. The van der Waals surface area contributed by atoms with Crippen molar-refractivity contribution in [1.82, 2.24) is 5.43 Å². The molecule has 0 heterocycles.